The van der Waals surface area contributed by atoms with Crippen LogP contribution in [0.4, 0.5) is 0 Å². The molecule has 1 aromatic carbocycles. The summed E-state index contributed by atoms with van der Waals surface area (Å²) in [4.78, 5) is 16.4. The van der Waals surface area contributed by atoms with Gasteiger partial charge in [0.1, 0.15) is 5.65 Å². The highest BCUT2D eigenvalue weighted by molar-refractivity contribution is 6.30. The molecule has 0 spiro atoms. The average molecular weight is 314 g/mol. The fraction of sp³-hybridized carbons (Fsp3) is 0.176. The van der Waals surface area contributed by atoms with Gasteiger partial charge < -0.3 is 9.72 Å². The number of hydrogen-bond donors (Lipinski definition) is 1. The molecule has 0 bridgehead atoms. The van der Waals surface area contributed by atoms with Gasteiger partial charge in [0.25, 0.3) is 0 Å². The zero-order valence-corrected chi connectivity index (χ0v) is 12.8. The van der Waals surface area contributed by atoms with Crippen LogP contribution in [0.2, 0.25) is 5.02 Å². The van der Waals surface area contributed by atoms with E-state index >= 15 is 0 Å². The molecule has 0 saturated carbocycles. The molecule has 0 aliphatic heterocycles. The Balaban J connectivity index is 1.52. The van der Waals surface area contributed by atoms with E-state index in [-0.39, 0.29) is 5.91 Å². The number of benzene rings is 1. The smallest absolute Gasteiger partial charge is 0.224 e. The number of rotatable bonds is 5. The molecule has 0 aliphatic rings. The maximum absolute atomic E-state index is 11.9. The highest BCUT2D eigenvalue weighted by Crippen LogP contribution is 2.11. The Morgan fingerprint density at radius 2 is 1.95 bits per heavy atom. The maximum atomic E-state index is 11.9. The van der Waals surface area contributed by atoms with Gasteiger partial charge in [-0.1, -0.05) is 41.9 Å². The van der Waals surface area contributed by atoms with Crippen LogP contribution in [0.25, 0.3) is 5.65 Å². The van der Waals surface area contributed by atoms with Crippen LogP contribution in [-0.4, -0.2) is 21.8 Å². The summed E-state index contributed by atoms with van der Waals surface area (Å²) < 4.78 is 1.89. The molecular weight excluding hydrogens is 298 g/mol. The number of nitrogens with zero attached hydrogens (tertiary/aromatic N) is 2. The average Bonchev–Trinajstić information content (AvgIpc) is 2.90. The molecule has 0 saturated heterocycles. The lowest BCUT2D eigenvalue weighted by atomic mass is 10.1. The van der Waals surface area contributed by atoms with Gasteiger partial charge in [0.2, 0.25) is 5.91 Å². The molecule has 3 aromatic rings. The second-order valence-electron chi connectivity index (χ2n) is 5.11. The lowest BCUT2D eigenvalue weighted by Crippen LogP contribution is -2.27. The second kappa shape index (κ2) is 6.62. The fourth-order valence-corrected chi connectivity index (χ4v) is 2.48. The number of carbonyl (C=O) groups excluding carboxylic acids is 1. The second-order valence-corrected chi connectivity index (χ2v) is 5.54. The Morgan fingerprint density at radius 3 is 2.77 bits per heavy atom. The van der Waals surface area contributed by atoms with Crippen molar-refractivity contribution in [2.75, 3.05) is 6.54 Å². The van der Waals surface area contributed by atoms with Crippen molar-refractivity contribution in [2.45, 2.75) is 12.8 Å². The first kappa shape index (κ1) is 14.6. The minimum Gasteiger partial charge on any atom is -0.355 e. The van der Waals surface area contributed by atoms with Crippen LogP contribution in [0.5, 0.6) is 0 Å². The zero-order chi connectivity index (χ0) is 15.4. The summed E-state index contributed by atoms with van der Waals surface area (Å²) in [5.74, 6) is 0.0259. The van der Waals surface area contributed by atoms with Crippen LogP contribution < -0.4 is 5.32 Å². The molecule has 0 aliphatic carbocycles. The predicted octanol–water partition coefficient (Wildman–Crippen LogP) is 2.89. The molecule has 4 nitrogen and oxygen atoms in total. The number of imidazole rings is 1. The van der Waals surface area contributed by atoms with Crippen LogP contribution in [0, 0.1) is 0 Å². The molecule has 0 radical (unpaired) electrons. The minimum absolute atomic E-state index is 0.0259. The number of pyridine rings is 1. The monoisotopic (exact) mass is 313 g/mol. The van der Waals surface area contributed by atoms with Gasteiger partial charge in [-0.15, -0.1) is 0 Å². The van der Waals surface area contributed by atoms with E-state index in [9.17, 15) is 4.79 Å². The zero-order valence-electron chi connectivity index (χ0n) is 12.0. The van der Waals surface area contributed by atoms with Gasteiger partial charge in [-0.25, -0.2) is 4.98 Å². The third kappa shape index (κ3) is 3.65. The van der Waals surface area contributed by atoms with E-state index in [1.54, 1.807) is 0 Å². The van der Waals surface area contributed by atoms with Crippen molar-refractivity contribution < 1.29 is 4.79 Å². The van der Waals surface area contributed by atoms with Gasteiger partial charge >= 0.3 is 0 Å². The molecular formula is C17H16ClN3O. The van der Waals surface area contributed by atoms with E-state index in [0.717, 1.165) is 16.9 Å². The summed E-state index contributed by atoms with van der Waals surface area (Å²) in [5, 5.41) is 3.59. The Hall–Kier alpha value is -2.33. The number of amides is 1. The van der Waals surface area contributed by atoms with Crippen molar-refractivity contribution in [1.29, 1.82) is 0 Å². The molecule has 22 heavy (non-hydrogen) atoms. The van der Waals surface area contributed by atoms with Crippen LogP contribution in [0.3, 0.4) is 0 Å². The van der Waals surface area contributed by atoms with Crippen molar-refractivity contribution in [3.8, 4) is 0 Å². The highest BCUT2D eigenvalue weighted by Gasteiger charge is 2.05. The maximum Gasteiger partial charge on any atom is 0.224 e. The van der Waals surface area contributed by atoms with E-state index in [0.29, 0.717) is 24.4 Å². The van der Waals surface area contributed by atoms with Gasteiger partial charge in [-0.3, -0.25) is 4.79 Å². The van der Waals surface area contributed by atoms with Crippen LogP contribution in [0.1, 0.15) is 11.3 Å². The van der Waals surface area contributed by atoms with Crippen molar-refractivity contribution >= 4 is 23.2 Å². The summed E-state index contributed by atoms with van der Waals surface area (Å²) in [5.41, 5.74) is 2.81. The largest absolute Gasteiger partial charge is 0.355 e. The van der Waals surface area contributed by atoms with E-state index in [2.05, 4.69) is 10.3 Å². The molecule has 112 valence electrons. The minimum atomic E-state index is 0.0259. The SMILES string of the molecule is O=C(Cc1ccccc1)NCCc1cn2cc(Cl)ccc2n1. The van der Waals surface area contributed by atoms with Crippen molar-refractivity contribution in [3.63, 3.8) is 0 Å². The number of carbonyl (C=O) groups is 1. The topological polar surface area (TPSA) is 46.4 Å². The van der Waals surface area contributed by atoms with E-state index in [1.165, 1.54) is 0 Å². The Bertz CT molecular complexity index is 783. The van der Waals surface area contributed by atoms with Gasteiger partial charge in [0.05, 0.1) is 17.1 Å². The van der Waals surface area contributed by atoms with Crippen molar-refractivity contribution in [3.05, 3.63) is 71.1 Å². The van der Waals surface area contributed by atoms with Crippen molar-refractivity contribution in [2.24, 2.45) is 0 Å². The first-order valence-electron chi connectivity index (χ1n) is 7.14. The van der Waals surface area contributed by atoms with Crippen LogP contribution in [0.15, 0.2) is 54.9 Å². The summed E-state index contributed by atoms with van der Waals surface area (Å²) in [7, 11) is 0. The predicted molar refractivity (Wildman–Crippen MR) is 87.1 cm³/mol. The summed E-state index contributed by atoms with van der Waals surface area (Å²) in [6, 6.07) is 13.4. The summed E-state index contributed by atoms with van der Waals surface area (Å²) in [6.07, 6.45) is 4.85. The lowest BCUT2D eigenvalue weighted by Gasteiger charge is -2.03. The van der Waals surface area contributed by atoms with Crippen LogP contribution in [-0.2, 0) is 17.6 Å². The number of halogens is 1. The Kier molecular flexibility index (Phi) is 4.39. The number of aromatic nitrogens is 2. The van der Waals surface area contributed by atoms with Gasteiger partial charge in [-0.05, 0) is 17.7 Å². The highest BCUT2D eigenvalue weighted by atomic mass is 35.5. The summed E-state index contributed by atoms with van der Waals surface area (Å²) >= 11 is 5.95. The third-order valence-electron chi connectivity index (χ3n) is 3.38. The van der Waals surface area contributed by atoms with E-state index < -0.39 is 0 Å². The Labute approximate surface area is 133 Å². The normalized spacial score (nSPS) is 10.8. The molecule has 5 heteroatoms. The summed E-state index contributed by atoms with van der Waals surface area (Å²) in [6.45, 7) is 0.573. The fourth-order valence-electron chi connectivity index (χ4n) is 2.31. The third-order valence-corrected chi connectivity index (χ3v) is 3.60. The molecule has 1 amide bonds. The first-order chi connectivity index (χ1) is 10.7. The molecule has 2 heterocycles. The quantitative estimate of drug-likeness (QED) is 0.787. The molecule has 0 fully saturated rings. The van der Waals surface area contributed by atoms with E-state index in [1.807, 2.05) is 59.3 Å². The van der Waals surface area contributed by atoms with Crippen molar-refractivity contribution in [1.82, 2.24) is 14.7 Å². The number of hydrogen-bond acceptors (Lipinski definition) is 2. The molecule has 3 rings (SSSR count). The lowest BCUT2D eigenvalue weighted by molar-refractivity contribution is -0.120. The molecule has 0 atom stereocenters. The Morgan fingerprint density at radius 1 is 1.14 bits per heavy atom. The van der Waals surface area contributed by atoms with Gasteiger partial charge in [0.15, 0.2) is 0 Å². The van der Waals surface area contributed by atoms with E-state index in [4.69, 9.17) is 11.6 Å². The van der Waals surface area contributed by atoms with Gasteiger partial charge in [-0.2, -0.15) is 0 Å². The molecule has 1 N–H and O–H groups in total. The molecule has 0 unspecified atom stereocenters. The first-order valence-corrected chi connectivity index (χ1v) is 7.52. The van der Waals surface area contributed by atoms with Crippen LogP contribution >= 0.6 is 11.6 Å². The van der Waals surface area contributed by atoms with Gasteiger partial charge in [0, 0.05) is 25.4 Å². The number of fused-ring (bicyclic) bond motifs is 1. The number of nitrogens with one attached hydrogen (secondary N) is 1. The standard InChI is InChI=1S/C17H16ClN3O/c18-14-6-7-16-20-15(12-21(16)11-14)8-9-19-17(22)10-13-4-2-1-3-5-13/h1-7,11-12H,8-10H2,(H,19,22). The molecule has 2 aromatic heterocycles.